The zero-order valence-electron chi connectivity index (χ0n) is 14.2. The van der Waals surface area contributed by atoms with Crippen LogP contribution in [0.25, 0.3) is 10.8 Å². The van der Waals surface area contributed by atoms with Crippen LogP contribution in [-0.2, 0) is 9.53 Å². The predicted octanol–water partition coefficient (Wildman–Crippen LogP) is 0.656. The number of aliphatic hydroxyl groups is 2. The predicted molar refractivity (Wildman–Crippen MR) is 92.9 cm³/mol. The van der Waals surface area contributed by atoms with Crippen molar-refractivity contribution < 1.29 is 34.8 Å². The second-order valence-corrected chi connectivity index (χ2v) is 5.90. The maximum atomic E-state index is 12.2. The van der Waals surface area contributed by atoms with E-state index >= 15 is 0 Å². The maximum Gasteiger partial charge on any atom is 0.308 e. The van der Waals surface area contributed by atoms with Gasteiger partial charge in [0.15, 0.2) is 0 Å². The van der Waals surface area contributed by atoms with Gasteiger partial charge in [0.1, 0.15) is 11.5 Å². The van der Waals surface area contributed by atoms with E-state index in [1.54, 1.807) is 12.1 Å². The number of rotatable bonds is 7. The molecule has 8 heteroatoms. The molecule has 2 rings (SSSR count). The van der Waals surface area contributed by atoms with Crippen LogP contribution in [0.15, 0.2) is 30.3 Å². The monoisotopic (exact) mass is 363 g/mol. The molecule has 5 N–H and O–H groups in total. The van der Waals surface area contributed by atoms with Gasteiger partial charge in [-0.15, -0.1) is 0 Å². The third-order valence-corrected chi connectivity index (χ3v) is 3.89. The summed E-state index contributed by atoms with van der Waals surface area (Å²) in [5, 5.41) is 42.7. The quantitative estimate of drug-likeness (QED) is 0.456. The number of nitrogens with one attached hydrogen (secondary N) is 1. The number of esters is 1. The normalized spacial score (nSPS) is 13.2. The molecule has 0 aliphatic heterocycles. The summed E-state index contributed by atoms with van der Waals surface area (Å²) in [6.07, 6.45) is -2.54. The Hall–Kier alpha value is -2.84. The lowest BCUT2D eigenvalue weighted by Crippen LogP contribution is -2.34. The van der Waals surface area contributed by atoms with Crippen molar-refractivity contribution in [2.75, 3.05) is 13.7 Å². The molecule has 26 heavy (non-hydrogen) atoms. The van der Waals surface area contributed by atoms with Gasteiger partial charge in [-0.05, 0) is 23.6 Å². The lowest BCUT2D eigenvalue weighted by Gasteiger charge is -2.16. The highest BCUT2D eigenvalue weighted by Crippen LogP contribution is 2.30. The summed E-state index contributed by atoms with van der Waals surface area (Å²) in [5.74, 6) is -1.54. The molecule has 0 heterocycles. The van der Waals surface area contributed by atoms with Gasteiger partial charge in [-0.2, -0.15) is 0 Å². The van der Waals surface area contributed by atoms with Crippen LogP contribution in [-0.4, -0.2) is 58.2 Å². The summed E-state index contributed by atoms with van der Waals surface area (Å²) < 4.78 is 4.42. The number of benzene rings is 2. The van der Waals surface area contributed by atoms with Crippen LogP contribution in [0.4, 0.5) is 0 Å². The smallest absolute Gasteiger partial charge is 0.308 e. The van der Waals surface area contributed by atoms with Gasteiger partial charge < -0.3 is 30.5 Å². The lowest BCUT2D eigenvalue weighted by atomic mass is 10.0. The van der Waals surface area contributed by atoms with Gasteiger partial charge >= 0.3 is 5.97 Å². The average molecular weight is 363 g/mol. The minimum absolute atomic E-state index is 0.00888. The number of carbonyl (C=O) groups is 2. The van der Waals surface area contributed by atoms with Gasteiger partial charge in [0, 0.05) is 18.4 Å². The topological polar surface area (TPSA) is 136 Å². The van der Waals surface area contributed by atoms with E-state index in [1.807, 2.05) is 0 Å². The average Bonchev–Trinajstić information content (AvgIpc) is 2.59. The van der Waals surface area contributed by atoms with Gasteiger partial charge in [-0.1, -0.05) is 12.1 Å². The van der Waals surface area contributed by atoms with E-state index in [0.717, 1.165) is 0 Å². The molecule has 0 radical (unpaired) electrons. The molecular formula is C18H21NO7. The van der Waals surface area contributed by atoms with E-state index in [1.165, 1.54) is 25.3 Å². The number of carbonyl (C=O) groups excluding carboxylic acids is 2. The molecule has 0 saturated carbocycles. The van der Waals surface area contributed by atoms with Crippen LogP contribution in [0.3, 0.4) is 0 Å². The number of phenolic OH excluding ortho intramolecular Hbond substituents is 2. The van der Waals surface area contributed by atoms with Crippen LogP contribution in [0.2, 0.25) is 0 Å². The fourth-order valence-electron chi connectivity index (χ4n) is 2.54. The number of hydrogen-bond acceptors (Lipinski definition) is 7. The molecule has 0 bridgehead atoms. The zero-order chi connectivity index (χ0) is 19.3. The third-order valence-electron chi connectivity index (χ3n) is 3.89. The SMILES string of the molecule is COC(=O)CC(O)CC(O)CNC(=O)c1cc2cccc(O)c2cc1O. The Morgan fingerprint density at radius 2 is 1.85 bits per heavy atom. The summed E-state index contributed by atoms with van der Waals surface area (Å²) in [4.78, 5) is 23.3. The first-order chi connectivity index (χ1) is 12.3. The first kappa shape index (κ1) is 19.5. The Morgan fingerprint density at radius 1 is 1.12 bits per heavy atom. The molecule has 1 amide bonds. The first-order valence-corrected chi connectivity index (χ1v) is 7.97. The van der Waals surface area contributed by atoms with Gasteiger partial charge in [-0.25, -0.2) is 0 Å². The molecule has 0 aliphatic carbocycles. The largest absolute Gasteiger partial charge is 0.507 e. The van der Waals surface area contributed by atoms with Crippen molar-refractivity contribution in [2.45, 2.75) is 25.0 Å². The van der Waals surface area contributed by atoms with E-state index in [-0.39, 0.29) is 36.4 Å². The zero-order valence-corrected chi connectivity index (χ0v) is 14.2. The fourth-order valence-corrected chi connectivity index (χ4v) is 2.54. The van der Waals surface area contributed by atoms with E-state index in [2.05, 4.69) is 10.1 Å². The number of aromatic hydroxyl groups is 2. The van der Waals surface area contributed by atoms with E-state index in [0.29, 0.717) is 10.8 Å². The highest BCUT2D eigenvalue weighted by molar-refractivity contribution is 6.02. The second kappa shape index (κ2) is 8.50. The Labute approximate surface area is 149 Å². The number of phenols is 2. The molecule has 2 aromatic rings. The van der Waals surface area contributed by atoms with E-state index < -0.39 is 24.1 Å². The van der Waals surface area contributed by atoms with Gasteiger partial charge in [0.2, 0.25) is 0 Å². The second-order valence-electron chi connectivity index (χ2n) is 5.90. The first-order valence-electron chi connectivity index (χ1n) is 7.97. The molecule has 0 aliphatic rings. The van der Waals surface area contributed by atoms with Gasteiger partial charge in [0.25, 0.3) is 5.91 Å². The van der Waals surface area contributed by atoms with Crippen molar-refractivity contribution in [2.24, 2.45) is 0 Å². The van der Waals surface area contributed by atoms with Crippen LogP contribution in [0.1, 0.15) is 23.2 Å². The summed E-state index contributed by atoms with van der Waals surface area (Å²) in [6, 6.07) is 7.48. The summed E-state index contributed by atoms with van der Waals surface area (Å²) in [6.45, 7) is -0.172. The summed E-state index contributed by atoms with van der Waals surface area (Å²) >= 11 is 0. The van der Waals surface area contributed by atoms with E-state index in [4.69, 9.17) is 0 Å². The van der Waals surface area contributed by atoms with Crippen LogP contribution < -0.4 is 5.32 Å². The van der Waals surface area contributed by atoms with Crippen molar-refractivity contribution in [1.29, 1.82) is 0 Å². The Kier molecular flexibility index (Phi) is 6.37. The molecule has 0 spiro atoms. The Balaban J connectivity index is 1.98. The highest BCUT2D eigenvalue weighted by atomic mass is 16.5. The van der Waals surface area contributed by atoms with Gasteiger partial charge in [0.05, 0.1) is 31.3 Å². The van der Waals surface area contributed by atoms with Crippen LogP contribution in [0, 0.1) is 0 Å². The summed E-state index contributed by atoms with van der Waals surface area (Å²) in [5.41, 5.74) is -0.00888. The maximum absolute atomic E-state index is 12.2. The lowest BCUT2D eigenvalue weighted by molar-refractivity contribution is -0.143. The van der Waals surface area contributed by atoms with Crippen molar-refractivity contribution in [3.8, 4) is 11.5 Å². The summed E-state index contributed by atoms with van der Waals surface area (Å²) in [7, 11) is 1.20. The number of amides is 1. The molecule has 2 aromatic carbocycles. The third kappa shape index (κ3) is 4.84. The van der Waals surface area contributed by atoms with Crippen LogP contribution >= 0.6 is 0 Å². The molecule has 140 valence electrons. The number of ether oxygens (including phenoxy) is 1. The highest BCUT2D eigenvalue weighted by Gasteiger charge is 2.18. The minimum atomic E-state index is -1.09. The Bertz CT molecular complexity index is 805. The van der Waals surface area contributed by atoms with Crippen molar-refractivity contribution >= 4 is 22.6 Å². The number of hydrogen-bond donors (Lipinski definition) is 5. The number of methoxy groups -OCH3 is 1. The Morgan fingerprint density at radius 3 is 2.54 bits per heavy atom. The van der Waals surface area contributed by atoms with Crippen LogP contribution in [0.5, 0.6) is 11.5 Å². The van der Waals surface area contributed by atoms with Crippen molar-refractivity contribution in [3.63, 3.8) is 0 Å². The minimum Gasteiger partial charge on any atom is -0.507 e. The number of fused-ring (bicyclic) bond motifs is 1. The molecule has 2 atom stereocenters. The van der Waals surface area contributed by atoms with Gasteiger partial charge in [-0.3, -0.25) is 9.59 Å². The molecular weight excluding hydrogens is 342 g/mol. The molecule has 0 saturated heterocycles. The molecule has 2 unspecified atom stereocenters. The molecule has 0 fully saturated rings. The number of aliphatic hydroxyl groups excluding tert-OH is 2. The molecule has 8 nitrogen and oxygen atoms in total. The molecule has 0 aromatic heterocycles. The van der Waals surface area contributed by atoms with E-state index in [9.17, 15) is 30.0 Å². The van der Waals surface area contributed by atoms with Crippen molar-refractivity contribution in [3.05, 3.63) is 35.9 Å². The standard InChI is InChI=1S/C18H21NO7/c1-26-17(24)7-11(20)6-12(21)9-19-18(25)14-5-10-3-2-4-15(22)13(10)8-16(14)23/h2-5,8,11-12,20-23H,6-7,9H2,1H3,(H,19,25). The fraction of sp³-hybridized carbons (Fsp3) is 0.333. The van der Waals surface area contributed by atoms with Crippen molar-refractivity contribution in [1.82, 2.24) is 5.32 Å².